The number of aliphatic carboxylic acids is 1. The highest BCUT2D eigenvalue weighted by Crippen LogP contribution is 2.32. The Morgan fingerprint density at radius 3 is 2.56 bits per heavy atom. The van der Waals surface area contributed by atoms with Crippen molar-refractivity contribution in [3.63, 3.8) is 0 Å². The van der Waals surface area contributed by atoms with Gasteiger partial charge in [0.25, 0.3) is 0 Å². The van der Waals surface area contributed by atoms with E-state index in [4.69, 9.17) is 0 Å². The molecule has 0 radical (unpaired) electrons. The zero-order chi connectivity index (χ0) is 11.4. The summed E-state index contributed by atoms with van der Waals surface area (Å²) in [5, 5.41) is 9.24. The Hall–Kier alpha value is -1.45. The maximum Gasteiger partial charge on any atom is 0.307 e. The second-order valence-electron chi connectivity index (χ2n) is 4.36. The van der Waals surface area contributed by atoms with Crippen LogP contribution in [-0.4, -0.2) is 21.0 Å². The van der Waals surface area contributed by atoms with E-state index in [2.05, 4.69) is 9.97 Å². The van der Waals surface area contributed by atoms with Crippen molar-refractivity contribution in [3.8, 4) is 0 Å². The van der Waals surface area contributed by atoms with Crippen molar-refractivity contribution in [3.05, 3.63) is 24.3 Å². The van der Waals surface area contributed by atoms with Crippen molar-refractivity contribution in [2.24, 2.45) is 11.8 Å². The van der Waals surface area contributed by atoms with Crippen LogP contribution in [-0.2, 0) is 11.2 Å². The summed E-state index contributed by atoms with van der Waals surface area (Å²) in [6.45, 7) is 0. The largest absolute Gasteiger partial charge is 0.481 e. The van der Waals surface area contributed by atoms with Gasteiger partial charge < -0.3 is 5.11 Å². The number of aromatic nitrogens is 2. The summed E-state index contributed by atoms with van der Waals surface area (Å²) < 4.78 is 0. The molecule has 1 saturated carbocycles. The van der Waals surface area contributed by atoms with Gasteiger partial charge in [-0.15, -0.1) is 0 Å². The molecule has 1 aliphatic rings. The van der Waals surface area contributed by atoms with E-state index >= 15 is 0 Å². The standard InChI is InChI=1S/C12H16N2O2/c15-12(16)10(9-4-1-2-5-9)8-11-13-6-3-7-14-11/h3,6-7,9-10H,1-2,4-5,8H2,(H,15,16). The predicted molar refractivity (Wildman–Crippen MR) is 58.8 cm³/mol. The molecule has 4 heteroatoms. The average Bonchev–Trinajstić information content (AvgIpc) is 2.80. The molecule has 0 bridgehead atoms. The van der Waals surface area contributed by atoms with Gasteiger partial charge in [-0.1, -0.05) is 12.8 Å². The Balaban J connectivity index is 2.05. The fourth-order valence-corrected chi connectivity index (χ4v) is 2.45. The second-order valence-corrected chi connectivity index (χ2v) is 4.36. The molecule has 1 aliphatic carbocycles. The third-order valence-corrected chi connectivity index (χ3v) is 3.31. The molecular formula is C12H16N2O2. The second kappa shape index (κ2) is 5.05. The monoisotopic (exact) mass is 220 g/mol. The molecule has 0 spiro atoms. The fourth-order valence-electron chi connectivity index (χ4n) is 2.45. The van der Waals surface area contributed by atoms with E-state index < -0.39 is 5.97 Å². The van der Waals surface area contributed by atoms with E-state index in [1.165, 1.54) is 0 Å². The molecule has 1 aromatic rings. The summed E-state index contributed by atoms with van der Waals surface area (Å²) >= 11 is 0. The number of carbonyl (C=O) groups is 1. The quantitative estimate of drug-likeness (QED) is 0.841. The zero-order valence-corrected chi connectivity index (χ0v) is 9.17. The average molecular weight is 220 g/mol. The highest BCUT2D eigenvalue weighted by atomic mass is 16.4. The fraction of sp³-hybridized carbons (Fsp3) is 0.583. The first-order valence-corrected chi connectivity index (χ1v) is 5.76. The molecule has 2 rings (SSSR count). The first-order valence-electron chi connectivity index (χ1n) is 5.76. The number of hydrogen-bond donors (Lipinski definition) is 1. The summed E-state index contributed by atoms with van der Waals surface area (Å²) in [5.74, 6) is -0.0765. The van der Waals surface area contributed by atoms with Crippen molar-refractivity contribution < 1.29 is 9.90 Å². The van der Waals surface area contributed by atoms with Gasteiger partial charge in [0, 0.05) is 18.8 Å². The minimum Gasteiger partial charge on any atom is -0.481 e. The molecule has 0 aromatic carbocycles. The number of carboxylic acids is 1. The molecule has 1 fully saturated rings. The third kappa shape index (κ3) is 2.56. The van der Waals surface area contributed by atoms with Gasteiger partial charge in [-0.05, 0) is 24.8 Å². The zero-order valence-electron chi connectivity index (χ0n) is 9.17. The molecule has 1 atom stereocenters. The topological polar surface area (TPSA) is 63.1 Å². The van der Waals surface area contributed by atoms with Gasteiger partial charge in [0.1, 0.15) is 5.82 Å². The molecular weight excluding hydrogens is 204 g/mol. The first kappa shape index (κ1) is 11.0. The third-order valence-electron chi connectivity index (χ3n) is 3.31. The van der Waals surface area contributed by atoms with Crippen molar-refractivity contribution in [2.45, 2.75) is 32.1 Å². The molecule has 1 heterocycles. The maximum atomic E-state index is 11.2. The highest BCUT2D eigenvalue weighted by molar-refractivity contribution is 5.70. The number of carboxylic acid groups (broad SMARTS) is 1. The number of nitrogens with zero attached hydrogens (tertiary/aromatic N) is 2. The SMILES string of the molecule is O=C(O)C(Cc1ncccn1)C1CCCC1. The van der Waals surface area contributed by atoms with Gasteiger partial charge in [0.15, 0.2) is 0 Å². The van der Waals surface area contributed by atoms with Crippen LogP contribution in [0.3, 0.4) is 0 Å². The molecule has 1 aromatic heterocycles. The van der Waals surface area contributed by atoms with Crippen LogP contribution in [0.15, 0.2) is 18.5 Å². The van der Waals surface area contributed by atoms with Crippen LogP contribution in [0.4, 0.5) is 0 Å². The number of hydrogen-bond acceptors (Lipinski definition) is 3. The molecule has 16 heavy (non-hydrogen) atoms. The van der Waals surface area contributed by atoms with E-state index in [-0.39, 0.29) is 5.92 Å². The van der Waals surface area contributed by atoms with Gasteiger partial charge in [-0.2, -0.15) is 0 Å². The Bertz CT molecular complexity index is 347. The minimum absolute atomic E-state index is 0.307. The van der Waals surface area contributed by atoms with Gasteiger partial charge in [0.05, 0.1) is 5.92 Å². The minimum atomic E-state index is -0.709. The van der Waals surface area contributed by atoms with E-state index in [0.717, 1.165) is 25.7 Å². The van der Waals surface area contributed by atoms with E-state index in [1.54, 1.807) is 18.5 Å². The van der Waals surface area contributed by atoms with Gasteiger partial charge >= 0.3 is 5.97 Å². The Morgan fingerprint density at radius 2 is 2.00 bits per heavy atom. The van der Waals surface area contributed by atoms with E-state index in [1.807, 2.05) is 0 Å². The molecule has 1 unspecified atom stereocenters. The lowest BCUT2D eigenvalue weighted by atomic mass is 9.88. The van der Waals surface area contributed by atoms with E-state index in [0.29, 0.717) is 18.2 Å². The summed E-state index contributed by atoms with van der Waals surface area (Å²) in [7, 11) is 0. The summed E-state index contributed by atoms with van der Waals surface area (Å²) in [6, 6.07) is 1.74. The molecule has 0 saturated heterocycles. The van der Waals surface area contributed by atoms with Crippen LogP contribution in [0, 0.1) is 11.8 Å². The van der Waals surface area contributed by atoms with Crippen LogP contribution in [0.2, 0.25) is 0 Å². The van der Waals surface area contributed by atoms with Crippen molar-refractivity contribution in [2.75, 3.05) is 0 Å². The lowest BCUT2D eigenvalue weighted by Gasteiger charge is -2.17. The van der Waals surface area contributed by atoms with Crippen molar-refractivity contribution >= 4 is 5.97 Å². The highest BCUT2D eigenvalue weighted by Gasteiger charge is 2.31. The van der Waals surface area contributed by atoms with Crippen LogP contribution >= 0.6 is 0 Å². The smallest absolute Gasteiger partial charge is 0.307 e. The molecule has 0 amide bonds. The Kier molecular flexibility index (Phi) is 3.49. The normalized spacial score (nSPS) is 18.5. The van der Waals surface area contributed by atoms with E-state index in [9.17, 15) is 9.90 Å². The summed E-state index contributed by atoms with van der Waals surface area (Å²) in [5.41, 5.74) is 0. The number of rotatable bonds is 4. The Morgan fingerprint density at radius 1 is 1.38 bits per heavy atom. The lowest BCUT2D eigenvalue weighted by Crippen LogP contribution is -2.24. The van der Waals surface area contributed by atoms with Crippen LogP contribution < -0.4 is 0 Å². The van der Waals surface area contributed by atoms with Crippen molar-refractivity contribution in [1.82, 2.24) is 9.97 Å². The maximum absolute atomic E-state index is 11.2. The molecule has 1 N–H and O–H groups in total. The van der Waals surface area contributed by atoms with Crippen LogP contribution in [0.25, 0.3) is 0 Å². The first-order chi connectivity index (χ1) is 7.77. The van der Waals surface area contributed by atoms with Crippen LogP contribution in [0.5, 0.6) is 0 Å². The van der Waals surface area contributed by atoms with Gasteiger partial charge in [0.2, 0.25) is 0 Å². The van der Waals surface area contributed by atoms with Crippen LogP contribution in [0.1, 0.15) is 31.5 Å². The summed E-state index contributed by atoms with van der Waals surface area (Å²) in [6.07, 6.45) is 8.16. The summed E-state index contributed by atoms with van der Waals surface area (Å²) in [4.78, 5) is 19.4. The van der Waals surface area contributed by atoms with Gasteiger partial charge in [-0.25, -0.2) is 9.97 Å². The molecule has 0 aliphatic heterocycles. The Labute approximate surface area is 94.7 Å². The molecule has 86 valence electrons. The van der Waals surface area contributed by atoms with Gasteiger partial charge in [-0.3, -0.25) is 4.79 Å². The van der Waals surface area contributed by atoms with Crippen molar-refractivity contribution in [1.29, 1.82) is 0 Å². The lowest BCUT2D eigenvalue weighted by molar-refractivity contribution is -0.143. The predicted octanol–water partition coefficient (Wildman–Crippen LogP) is 1.91. The molecule has 4 nitrogen and oxygen atoms in total.